The monoisotopic (exact) mass is 271 g/mol. The normalized spacial score (nSPS) is 16.9. The Morgan fingerprint density at radius 3 is 2.61 bits per heavy atom. The van der Waals surface area contributed by atoms with Gasteiger partial charge in [-0.25, -0.2) is 13.4 Å². The molecule has 0 aromatic carbocycles. The molecule has 5 nitrogen and oxygen atoms in total. The molecule has 18 heavy (non-hydrogen) atoms. The van der Waals surface area contributed by atoms with Gasteiger partial charge in [0.25, 0.3) is 0 Å². The van der Waals surface area contributed by atoms with Gasteiger partial charge >= 0.3 is 0 Å². The molecule has 1 aliphatic rings. The van der Waals surface area contributed by atoms with Crippen molar-refractivity contribution in [3.05, 3.63) is 11.9 Å². The second kappa shape index (κ2) is 4.26. The van der Waals surface area contributed by atoms with E-state index in [0.29, 0.717) is 12.6 Å². The van der Waals surface area contributed by atoms with Gasteiger partial charge in [-0.1, -0.05) is 0 Å². The average Bonchev–Trinajstić information content (AvgIpc) is 2.91. The summed E-state index contributed by atoms with van der Waals surface area (Å²) in [6, 6.07) is 0.506. The number of aryl methyl sites for hydroxylation is 1. The van der Waals surface area contributed by atoms with E-state index in [9.17, 15) is 8.42 Å². The van der Waals surface area contributed by atoms with Crippen LogP contribution in [-0.2, 0) is 16.4 Å². The van der Waals surface area contributed by atoms with Crippen LogP contribution in [0, 0.1) is 6.92 Å². The maximum Gasteiger partial charge on any atom is 0.203 e. The molecular weight excluding hydrogens is 250 g/mol. The number of hydrogen-bond donors (Lipinski definition) is 1. The number of nitrogens with zero attached hydrogens (tertiary/aromatic N) is 2. The van der Waals surface area contributed by atoms with Crippen molar-refractivity contribution in [1.29, 1.82) is 0 Å². The van der Waals surface area contributed by atoms with E-state index in [4.69, 9.17) is 0 Å². The van der Waals surface area contributed by atoms with Crippen molar-refractivity contribution in [1.82, 2.24) is 9.55 Å². The quantitative estimate of drug-likeness (QED) is 0.883. The Morgan fingerprint density at radius 1 is 1.50 bits per heavy atom. The first-order valence-corrected chi connectivity index (χ1v) is 8.08. The molecule has 1 saturated carbocycles. The number of rotatable bonds is 5. The largest absolute Gasteiger partial charge is 0.353 e. The summed E-state index contributed by atoms with van der Waals surface area (Å²) in [5.74, 6) is 0.784. The van der Waals surface area contributed by atoms with Crippen LogP contribution in [0.2, 0.25) is 0 Å². The van der Waals surface area contributed by atoms with Crippen molar-refractivity contribution in [3.8, 4) is 0 Å². The van der Waals surface area contributed by atoms with Crippen molar-refractivity contribution in [2.45, 2.75) is 50.9 Å². The molecule has 0 bridgehead atoms. The van der Waals surface area contributed by atoms with Crippen LogP contribution in [0.1, 0.15) is 32.4 Å². The lowest BCUT2D eigenvalue weighted by atomic mass is 10.2. The predicted molar refractivity (Wildman–Crippen MR) is 72.5 cm³/mol. The molecule has 0 aliphatic heterocycles. The van der Waals surface area contributed by atoms with E-state index in [1.807, 2.05) is 17.7 Å². The first kappa shape index (κ1) is 13.4. The lowest BCUT2D eigenvalue weighted by Crippen LogP contribution is -2.36. The summed E-state index contributed by atoms with van der Waals surface area (Å²) >= 11 is 0. The van der Waals surface area contributed by atoms with Crippen LogP contribution in [0.3, 0.4) is 0 Å². The highest BCUT2D eigenvalue weighted by Crippen LogP contribution is 2.26. The van der Waals surface area contributed by atoms with Crippen LogP contribution < -0.4 is 5.32 Å². The van der Waals surface area contributed by atoms with Crippen molar-refractivity contribution in [2.24, 2.45) is 0 Å². The Kier molecular flexibility index (Phi) is 3.17. The van der Waals surface area contributed by atoms with Crippen LogP contribution in [0.15, 0.2) is 6.20 Å². The molecule has 1 aromatic rings. The van der Waals surface area contributed by atoms with E-state index in [2.05, 4.69) is 10.3 Å². The van der Waals surface area contributed by atoms with Gasteiger partial charge in [-0.2, -0.15) is 0 Å². The molecule has 1 fully saturated rings. The fourth-order valence-electron chi connectivity index (χ4n) is 1.72. The van der Waals surface area contributed by atoms with Gasteiger partial charge in [-0.15, -0.1) is 0 Å². The maximum absolute atomic E-state index is 11.8. The standard InChI is InChI=1S/C12H21N3O2S/c1-9-7-15(8-12(2,3)18(4,16)17)11(13-9)14-10-5-6-10/h7,10H,5-6,8H2,1-4H3,(H,13,14). The number of sulfone groups is 1. The smallest absolute Gasteiger partial charge is 0.203 e. The first-order valence-electron chi connectivity index (χ1n) is 6.19. The second-order valence-electron chi connectivity index (χ2n) is 5.78. The van der Waals surface area contributed by atoms with Gasteiger partial charge in [0.05, 0.1) is 10.4 Å². The lowest BCUT2D eigenvalue weighted by molar-refractivity contribution is 0.504. The van der Waals surface area contributed by atoms with E-state index in [0.717, 1.165) is 11.6 Å². The SMILES string of the molecule is Cc1cn(CC(C)(C)S(C)(=O)=O)c(NC2CC2)n1. The summed E-state index contributed by atoms with van der Waals surface area (Å²) in [7, 11) is -3.10. The number of anilines is 1. The molecule has 1 aromatic heterocycles. The Balaban J connectivity index is 2.22. The van der Waals surface area contributed by atoms with E-state index in [-0.39, 0.29) is 0 Å². The molecule has 0 amide bonds. The average molecular weight is 271 g/mol. The van der Waals surface area contributed by atoms with Gasteiger partial charge in [-0.05, 0) is 33.6 Å². The van der Waals surface area contributed by atoms with Gasteiger partial charge in [0.2, 0.25) is 5.95 Å². The molecular formula is C12H21N3O2S. The highest BCUT2D eigenvalue weighted by molar-refractivity contribution is 7.92. The van der Waals surface area contributed by atoms with Crippen LogP contribution in [0.25, 0.3) is 0 Å². The fourth-order valence-corrected chi connectivity index (χ4v) is 2.09. The Morgan fingerprint density at radius 2 is 2.11 bits per heavy atom. The van der Waals surface area contributed by atoms with Crippen molar-refractivity contribution >= 4 is 15.8 Å². The van der Waals surface area contributed by atoms with Gasteiger partial charge in [0.15, 0.2) is 9.84 Å². The van der Waals surface area contributed by atoms with E-state index < -0.39 is 14.6 Å². The van der Waals surface area contributed by atoms with Gasteiger partial charge in [0, 0.05) is 25.0 Å². The minimum Gasteiger partial charge on any atom is -0.353 e. The Hall–Kier alpha value is -1.04. The highest BCUT2D eigenvalue weighted by Gasteiger charge is 2.32. The van der Waals surface area contributed by atoms with Crippen molar-refractivity contribution in [2.75, 3.05) is 11.6 Å². The third-order valence-electron chi connectivity index (χ3n) is 3.36. The molecule has 1 N–H and O–H groups in total. The second-order valence-corrected chi connectivity index (χ2v) is 8.43. The summed E-state index contributed by atoms with van der Waals surface area (Å²) in [5.41, 5.74) is 0.905. The van der Waals surface area contributed by atoms with Crippen LogP contribution in [0.5, 0.6) is 0 Å². The molecule has 6 heteroatoms. The van der Waals surface area contributed by atoms with E-state index >= 15 is 0 Å². The van der Waals surface area contributed by atoms with Crippen molar-refractivity contribution < 1.29 is 8.42 Å². The summed E-state index contributed by atoms with van der Waals surface area (Å²) in [5, 5.41) is 3.34. The topological polar surface area (TPSA) is 64.0 Å². The number of imidazole rings is 1. The lowest BCUT2D eigenvalue weighted by Gasteiger charge is -2.24. The van der Waals surface area contributed by atoms with E-state index in [1.165, 1.54) is 19.1 Å². The minimum absolute atomic E-state index is 0.418. The van der Waals surface area contributed by atoms with Crippen LogP contribution in [-0.4, -0.2) is 35.0 Å². The zero-order valence-corrected chi connectivity index (χ0v) is 12.2. The van der Waals surface area contributed by atoms with Crippen molar-refractivity contribution in [3.63, 3.8) is 0 Å². The zero-order chi connectivity index (χ0) is 13.6. The molecule has 0 spiro atoms. The summed E-state index contributed by atoms with van der Waals surface area (Å²) in [4.78, 5) is 4.41. The van der Waals surface area contributed by atoms with Gasteiger partial charge < -0.3 is 9.88 Å². The summed E-state index contributed by atoms with van der Waals surface area (Å²) < 4.78 is 24.6. The predicted octanol–water partition coefficient (Wildman–Crippen LogP) is 1.59. The Bertz CT molecular complexity index is 542. The molecule has 0 radical (unpaired) electrons. The summed E-state index contributed by atoms with van der Waals surface area (Å²) in [6.07, 6.45) is 5.52. The van der Waals surface area contributed by atoms with Gasteiger partial charge in [0.1, 0.15) is 0 Å². The minimum atomic E-state index is -3.10. The highest BCUT2D eigenvalue weighted by atomic mass is 32.2. The molecule has 1 aliphatic carbocycles. The van der Waals surface area contributed by atoms with E-state index in [1.54, 1.807) is 13.8 Å². The maximum atomic E-state index is 11.8. The molecule has 1 heterocycles. The molecule has 0 unspecified atom stereocenters. The molecule has 2 rings (SSSR count). The molecule has 0 saturated heterocycles. The summed E-state index contributed by atoms with van der Waals surface area (Å²) in [6.45, 7) is 5.83. The third kappa shape index (κ3) is 2.85. The third-order valence-corrected chi connectivity index (χ3v) is 5.50. The number of aromatic nitrogens is 2. The zero-order valence-electron chi connectivity index (χ0n) is 11.4. The number of hydrogen-bond acceptors (Lipinski definition) is 4. The molecule has 102 valence electrons. The van der Waals surface area contributed by atoms with Crippen LogP contribution in [0.4, 0.5) is 5.95 Å². The fraction of sp³-hybridized carbons (Fsp3) is 0.750. The number of nitrogens with one attached hydrogen (secondary N) is 1. The first-order chi connectivity index (χ1) is 8.19. The van der Waals surface area contributed by atoms with Crippen LogP contribution >= 0.6 is 0 Å². The van der Waals surface area contributed by atoms with Gasteiger partial charge in [-0.3, -0.25) is 0 Å². The molecule has 0 atom stereocenters. The Labute approximate surface area is 109 Å².